The first-order valence-electron chi connectivity index (χ1n) is 5.65. The fourth-order valence-corrected chi connectivity index (χ4v) is 2.04. The van der Waals surface area contributed by atoms with Crippen LogP contribution in [0.25, 0.3) is 21.8 Å². The summed E-state index contributed by atoms with van der Waals surface area (Å²) in [7, 11) is 0. The Morgan fingerprint density at radius 2 is 1.82 bits per heavy atom. The summed E-state index contributed by atoms with van der Waals surface area (Å²) in [4.78, 5) is 8.76. The summed E-state index contributed by atoms with van der Waals surface area (Å²) in [6.07, 6.45) is 3.58. The van der Waals surface area contributed by atoms with Crippen molar-refractivity contribution in [1.82, 2.24) is 9.97 Å². The van der Waals surface area contributed by atoms with E-state index in [-0.39, 0.29) is 0 Å². The predicted octanol–water partition coefficient (Wildman–Crippen LogP) is 3.18. The minimum Gasteiger partial charge on any atom is -0.492 e. The van der Waals surface area contributed by atoms with Crippen LogP contribution in [0.2, 0.25) is 0 Å². The summed E-state index contributed by atoms with van der Waals surface area (Å²) < 4.78 is 5.62. The molecule has 0 spiro atoms. The molecule has 2 heterocycles. The molecule has 1 aromatic carbocycles. The molecule has 0 radical (unpaired) electrons. The summed E-state index contributed by atoms with van der Waals surface area (Å²) in [6, 6.07) is 9.94. The summed E-state index contributed by atoms with van der Waals surface area (Å²) in [5.74, 6) is 0.800. The summed E-state index contributed by atoms with van der Waals surface area (Å²) in [6.45, 7) is 2.60. The summed E-state index contributed by atoms with van der Waals surface area (Å²) in [5, 5.41) is 2.20. The zero-order valence-corrected chi connectivity index (χ0v) is 9.55. The number of rotatable bonds is 2. The molecule has 0 saturated heterocycles. The molecule has 3 heteroatoms. The number of hydrogen-bond donors (Lipinski definition) is 0. The van der Waals surface area contributed by atoms with Gasteiger partial charge in [0, 0.05) is 29.2 Å². The highest BCUT2D eigenvalue weighted by molar-refractivity contribution is 6.07. The highest BCUT2D eigenvalue weighted by Crippen LogP contribution is 2.30. The van der Waals surface area contributed by atoms with Crippen LogP contribution in [-0.2, 0) is 0 Å². The van der Waals surface area contributed by atoms with Gasteiger partial charge in [-0.25, -0.2) is 0 Å². The van der Waals surface area contributed by atoms with Crippen molar-refractivity contribution in [2.45, 2.75) is 6.92 Å². The molecule has 3 nitrogen and oxygen atoms in total. The first-order chi connectivity index (χ1) is 8.40. The second kappa shape index (κ2) is 4.01. The molecule has 0 amide bonds. The van der Waals surface area contributed by atoms with E-state index in [1.165, 1.54) is 0 Å². The smallest absolute Gasteiger partial charge is 0.147 e. The van der Waals surface area contributed by atoms with E-state index in [1.807, 2.05) is 25.1 Å². The van der Waals surface area contributed by atoms with Gasteiger partial charge in [-0.1, -0.05) is 12.1 Å². The maximum atomic E-state index is 5.62. The highest BCUT2D eigenvalue weighted by Gasteiger charge is 2.08. The molecule has 3 rings (SSSR count). The van der Waals surface area contributed by atoms with Crippen molar-refractivity contribution in [2.75, 3.05) is 6.61 Å². The Bertz CT molecular complexity index is 679. The lowest BCUT2D eigenvalue weighted by molar-refractivity contribution is 0.344. The van der Waals surface area contributed by atoms with Crippen LogP contribution < -0.4 is 4.74 Å². The fourth-order valence-electron chi connectivity index (χ4n) is 2.04. The van der Waals surface area contributed by atoms with Gasteiger partial charge in [-0.05, 0) is 19.1 Å². The highest BCUT2D eigenvalue weighted by atomic mass is 16.5. The number of nitrogens with zero attached hydrogens (tertiary/aromatic N) is 2. The summed E-state index contributed by atoms with van der Waals surface area (Å²) in [5.41, 5.74) is 1.84. The van der Waals surface area contributed by atoms with E-state index in [1.54, 1.807) is 12.4 Å². The molecular formula is C14H12N2O. The molecule has 0 atom stereocenters. The Balaban J connectivity index is 2.45. The largest absolute Gasteiger partial charge is 0.492 e. The number of hydrogen-bond acceptors (Lipinski definition) is 3. The standard InChI is InChI=1S/C14H12N2O/c1-2-17-13-9-12-10(5-3-7-15-12)11-6-4-8-16-14(11)13/h3-9H,2H2,1H3. The van der Waals surface area contributed by atoms with Gasteiger partial charge < -0.3 is 4.74 Å². The number of benzene rings is 1. The minimum atomic E-state index is 0.629. The third-order valence-corrected chi connectivity index (χ3v) is 2.74. The van der Waals surface area contributed by atoms with Crippen LogP contribution >= 0.6 is 0 Å². The van der Waals surface area contributed by atoms with Crippen molar-refractivity contribution >= 4 is 21.8 Å². The van der Waals surface area contributed by atoms with Crippen molar-refractivity contribution in [3.63, 3.8) is 0 Å². The van der Waals surface area contributed by atoms with E-state index < -0.39 is 0 Å². The Labute approximate surface area is 99.1 Å². The number of fused-ring (bicyclic) bond motifs is 3. The zero-order valence-electron chi connectivity index (χ0n) is 9.55. The van der Waals surface area contributed by atoms with Crippen molar-refractivity contribution in [3.05, 3.63) is 42.7 Å². The SMILES string of the molecule is CCOc1cc2ncccc2c2cccnc12. The predicted molar refractivity (Wildman–Crippen MR) is 68.2 cm³/mol. The van der Waals surface area contributed by atoms with Gasteiger partial charge in [0.1, 0.15) is 11.3 Å². The van der Waals surface area contributed by atoms with Crippen LogP contribution in [0, 0.1) is 0 Å². The minimum absolute atomic E-state index is 0.629. The van der Waals surface area contributed by atoms with Gasteiger partial charge in [0.2, 0.25) is 0 Å². The quantitative estimate of drug-likeness (QED) is 0.627. The van der Waals surface area contributed by atoms with Gasteiger partial charge in [0.15, 0.2) is 0 Å². The molecule has 3 aromatic rings. The lowest BCUT2D eigenvalue weighted by Gasteiger charge is -2.08. The van der Waals surface area contributed by atoms with Crippen LogP contribution in [0.4, 0.5) is 0 Å². The molecule has 2 aromatic heterocycles. The van der Waals surface area contributed by atoms with Gasteiger partial charge >= 0.3 is 0 Å². The maximum Gasteiger partial charge on any atom is 0.147 e. The Morgan fingerprint density at radius 1 is 1.06 bits per heavy atom. The Morgan fingerprint density at radius 3 is 2.65 bits per heavy atom. The van der Waals surface area contributed by atoms with E-state index in [9.17, 15) is 0 Å². The molecule has 0 bridgehead atoms. The second-order valence-electron chi connectivity index (χ2n) is 3.78. The third-order valence-electron chi connectivity index (χ3n) is 2.74. The molecular weight excluding hydrogens is 212 g/mol. The average Bonchev–Trinajstić information content (AvgIpc) is 2.39. The molecule has 0 saturated carbocycles. The van der Waals surface area contributed by atoms with Crippen molar-refractivity contribution in [1.29, 1.82) is 0 Å². The number of aromatic nitrogens is 2. The zero-order chi connectivity index (χ0) is 11.7. The van der Waals surface area contributed by atoms with Gasteiger partial charge in [-0.15, -0.1) is 0 Å². The van der Waals surface area contributed by atoms with E-state index in [0.717, 1.165) is 27.6 Å². The molecule has 0 aliphatic carbocycles. The molecule has 0 N–H and O–H groups in total. The molecule has 0 aliphatic rings. The second-order valence-corrected chi connectivity index (χ2v) is 3.78. The lowest BCUT2D eigenvalue weighted by atomic mass is 10.1. The van der Waals surface area contributed by atoms with Crippen LogP contribution in [0.5, 0.6) is 5.75 Å². The van der Waals surface area contributed by atoms with Crippen LogP contribution in [0.15, 0.2) is 42.7 Å². The summed E-state index contributed by atoms with van der Waals surface area (Å²) >= 11 is 0. The first kappa shape index (κ1) is 10.0. The number of pyridine rings is 2. The van der Waals surface area contributed by atoms with Gasteiger partial charge in [-0.3, -0.25) is 9.97 Å². The van der Waals surface area contributed by atoms with E-state index >= 15 is 0 Å². The number of ether oxygens (including phenoxy) is 1. The van der Waals surface area contributed by atoms with Crippen molar-refractivity contribution in [3.8, 4) is 5.75 Å². The Kier molecular flexibility index (Phi) is 2.37. The maximum absolute atomic E-state index is 5.62. The normalized spacial score (nSPS) is 10.9. The monoisotopic (exact) mass is 224 g/mol. The lowest BCUT2D eigenvalue weighted by Crippen LogP contribution is -1.94. The third kappa shape index (κ3) is 1.60. The molecule has 17 heavy (non-hydrogen) atoms. The first-order valence-corrected chi connectivity index (χ1v) is 5.65. The van der Waals surface area contributed by atoms with E-state index in [2.05, 4.69) is 22.1 Å². The van der Waals surface area contributed by atoms with Crippen LogP contribution in [-0.4, -0.2) is 16.6 Å². The van der Waals surface area contributed by atoms with Gasteiger partial charge in [-0.2, -0.15) is 0 Å². The van der Waals surface area contributed by atoms with Gasteiger partial charge in [0.25, 0.3) is 0 Å². The van der Waals surface area contributed by atoms with Crippen LogP contribution in [0.3, 0.4) is 0 Å². The molecule has 84 valence electrons. The topological polar surface area (TPSA) is 35.0 Å². The molecule has 0 unspecified atom stereocenters. The van der Waals surface area contributed by atoms with Crippen molar-refractivity contribution < 1.29 is 4.74 Å². The van der Waals surface area contributed by atoms with Crippen molar-refractivity contribution in [2.24, 2.45) is 0 Å². The van der Waals surface area contributed by atoms with Crippen LogP contribution in [0.1, 0.15) is 6.92 Å². The molecule has 0 fully saturated rings. The average molecular weight is 224 g/mol. The fraction of sp³-hybridized carbons (Fsp3) is 0.143. The molecule has 0 aliphatic heterocycles. The van der Waals surface area contributed by atoms with E-state index in [0.29, 0.717) is 6.61 Å². The van der Waals surface area contributed by atoms with Gasteiger partial charge in [0.05, 0.1) is 12.1 Å². The Hall–Kier alpha value is -2.16. The van der Waals surface area contributed by atoms with E-state index in [4.69, 9.17) is 4.74 Å².